The Morgan fingerprint density at radius 3 is 2.50 bits per heavy atom. The van der Waals surface area contributed by atoms with Gasteiger partial charge in [0.25, 0.3) is 0 Å². The molecule has 2 aliphatic rings. The lowest BCUT2D eigenvalue weighted by atomic mass is 9.90. The number of rotatable bonds is 5. The van der Waals surface area contributed by atoms with Crippen molar-refractivity contribution in [1.82, 2.24) is 0 Å². The van der Waals surface area contributed by atoms with Crippen LogP contribution in [0.3, 0.4) is 0 Å². The summed E-state index contributed by atoms with van der Waals surface area (Å²) in [5.41, 5.74) is 0.762. The molecule has 108 valence electrons. The third-order valence-electron chi connectivity index (χ3n) is 4.79. The van der Waals surface area contributed by atoms with Gasteiger partial charge in [0.2, 0.25) is 0 Å². The van der Waals surface area contributed by atoms with E-state index in [-0.39, 0.29) is 6.42 Å². The zero-order valence-electron chi connectivity index (χ0n) is 11.5. The van der Waals surface area contributed by atoms with Gasteiger partial charge in [-0.1, -0.05) is 18.6 Å². The lowest BCUT2D eigenvalue weighted by molar-refractivity contribution is -0.136. The van der Waals surface area contributed by atoms with Crippen molar-refractivity contribution in [3.8, 4) is 0 Å². The molecule has 1 N–H and O–H groups in total. The van der Waals surface area contributed by atoms with Crippen LogP contribution in [0.25, 0.3) is 0 Å². The van der Waals surface area contributed by atoms with Crippen molar-refractivity contribution in [3.05, 3.63) is 29.8 Å². The van der Waals surface area contributed by atoms with Crippen LogP contribution in [-0.2, 0) is 22.0 Å². The highest BCUT2D eigenvalue weighted by atomic mass is 32.2. The van der Waals surface area contributed by atoms with Crippen molar-refractivity contribution in [2.24, 2.45) is 17.8 Å². The average molecular weight is 292 g/mol. The molecule has 0 aliphatic heterocycles. The molecular weight excluding hydrogens is 272 g/mol. The van der Waals surface area contributed by atoms with Crippen LogP contribution in [0, 0.1) is 17.8 Å². The molecule has 2 aliphatic carbocycles. The zero-order valence-corrected chi connectivity index (χ0v) is 12.3. The Hall–Kier alpha value is -1.16. The molecule has 0 heterocycles. The van der Waals surface area contributed by atoms with E-state index in [9.17, 15) is 9.00 Å². The molecule has 2 saturated carbocycles. The normalized spacial score (nSPS) is 29.5. The first-order valence-electron chi connectivity index (χ1n) is 7.31. The minimum Gasteiger partial charge on any atom is -0.481 e. The Balaban J connectivity index is 1.61. The van der Waals surface area contributed by atoms with Gasteiger partial charge < -0.3 is 5.11 Å². The fourth-order valence-electron chi connectivity index (χ4n) is 3.80. The molecule has 4 heteroatoms. The van der Waals surface area contributed by atoms with E-state index < -0.39 is 16.8 Å². The number of hydrogen-bond acceptors (Lipinski definition) is 2. The predicted molar refractivity (Wildman–Crippen MR) is 78.0 cm³/mol. The van der Waals surface area contributed by atoms with Gasteiger partial charge in [0, 0.05) is 10.6 Å². The summed E-state index contributed by atoms with van der Waals surface area (Å²) in [6.07, 6.45) is 5.33. The largest absolute Gasteiger partial charge is 0.481 e. The predicted octanol–water partition coefficient (Wildman–Crippen LogP) is 2.86. The number of fused-ring (bicyclic) bond motifs is 2. The van der Waals surface area contributed by atoms with E-state index in [1.807, 2.05) is 12.1 Å². The van der Waals surface area contributed by atoms with E-state index in [1.54, 1.807) is 12.1 Å². The highest BCUT2D eigenvalue weighted by Gasteiger charge is 2.39. The second kappa shape index (κ2) is 5.68. The molecule has 2 bridgehead atoms. The summed E-state index contributed by atoms with van der Waals surface area (Å²) in [6.45, 7) is 0. The second-order valence-corrected chi connectivity index (χ2v) is 7.66. The maximum absolute atomic E-state index is 12.4. The number of hydrogen-bond donors (Lipinski definition) is 1. The first-order valence-corrected chi connectivity index (χ1v) is 8.63. The highest BCUT2D eigenvalue weighted by Crippen LogP contribution is 2.48. The number of aliphatic carboxylic acids is 1. The van der Waals surface area contributed by atoms with Crippen molar-refractivity contribution in [3.63, 3.8) is 0 Å². The third kappa shape index (κ3) is 2.95. The van der Waals surface area contributed by atoms with Gasteiger partial charge in [-0.15, -0.1) is 0 Å². The average Bonchev–Trinajstić information content (AvgIpc) is 3.01. The first kappa shape index (κ1) is 13.8. The van der Waals surface area contributed by atoms with Crippen LogP contribution >= 0.6 is 0 Å². The van der Waals surface area contributed by atoms with E-state index in [4.69, 9.17) is 5.11 Å². The quantitative estimate of drug-likeness (QED) is 0.908. The lowest BCUT2D eigenvalue weighted by Gasteiger charge is -2.20. The van der Waals surface area contributed by atoms with Gasteiger partial charge in [0.05, 0.1) is 17.2 Å². The monoisotopic (exact) mass is 292 g/mol. The molecule has 1 aromatic rings. The molecule has 0 radical (unpaired) electrons. The molecule has 0 aromatic heterocycles. The van der Waals surface area contributed by atoms with E-state index in [0.29, 0.717) is 5.92 Å². The van der Waals surface area contributed by atoms with Crippen LogP contribution in [0.5, 0.6) is 0 Å². The third-order valence-corrected chi connectivity index (χ3v) is 6.32. The maximum Gasteiger partial charge on any atom is 0.307 e. The van der Waals surface area contributed by atoms with Gasteiger partial charge in [-0.25, -0.2) is 0 Å². The van der Waals surface area contributed by atoms with Gasteiger partial charge >= 0.3 is 5.97 Å². The molecule has 0 amide bonds. The van der Waals surface area contributed by atoms with Crippen LogP contribution in [0.15, 0.2) is 29.2 Å². The standard InChI is InChI=1S/C16H20O3S/c17-16(18)9-11-2-5-15(6-3-11)20(19)10-14-8-12-1-4-13(14)7-12/h2-3,5-6,12-14H,1,4,7-10H2,(H,17,18). The molecule has 2 fully saturated rings. The Kier molecular flexibility index (Phi) is 3.92. The van der Waals surface area contributed by atoms with Gasteiger partial charge in [0.1, 0.15) is 0 Å². The van der Waals surface area contributed by atoms with E-state index in [1.165, 1.54) is 25.7 Å². The van der Waals surface area contributed by atoms with Crippen LogP contribution in [0.2, 0.25) is 0 Å². The Morgan fingerprint density at radius 2 is 1.95 bits per heavy atom. The summed E-state index contributed by atoms with van der Waals surface area (Å²) in [4.78, 5) is 11.5. The first-order chi connectivity index (χ1) is 9.61. The zero-order chi connectivity index (χ0) is 14.1. The molecular formula is C16H20O3S. The maximum atomic E-state index is 12.4. The summed E-state index contributed by atoms with van der Waals surface area (Å²) in [7, 11) is -0.943. The van der Waals surface area contributed by atoms with Gasteiger partial charge in [0.15, 0.2) is 0 Å². The van der Waals surface area contributed by atoms with Crippen molar-refractivity contribution < 1.29 is 14.1 Å². The Labute approximate surface area is 121 Å². The molecule has 3 nitrogen and oxygen atoms in total. The summed E-state index contributed by atoms with van der Waals surface area (Å²) in [6, 6.07) is 7.20. The van der Waals surface area contributed by atoms with Gasteiger partial charge in [-0.2, -0.15) is 0 Å². The summed E-state index contributed by atoms with van der Waals surface area (Å²) >= 11 is 0. The van der Waals surface area contributed by atoms with Crippen LogP contribution in [0.1, 0.15) is 31.2 Å². The Bertz CT molecular complexity index is 523. The minimum absolute atomic E-state index is 0.0271. The van der Waals surface area contributed by atoms with Crippen molar-refractivity contribution in [2.75, 3.05) is 5.75 Å². The van der Waals surface area contributed by atoms with E-state index in [0.717, 1.165) is 28.0 Å². The summed E-state index contributed by atoms with van der Waals surface area (Å²) < 4.78 is 12.4. The van der Waals surface area contributed by atoms with Crippen molar-refractivity contribution in [1.29, 1.82) is 0 Å². The van der Waals surface area contributed by atoms with Crippen LogP contribution < -0.4 is 0 Å². The molecule has 0 spiro atoms. The second-order valence-electron chi connectivity index (χ2n) is 6.16. The summed E-state index contributed by atoms with van der Waals surface area (Å²) in [5, 5.41) is 8.74. The van der Waals surface area contributed by atoms with Gasteiger partial charge in [-0.05, 0) is 54.7 Å². The van der Waals surface area contributed by atoms with Gasteiger partial charge in [-0.3, -0.25) is 9.00 Å². The molecule has 20 heavy (non-hydrogen) atoms. The number of carbonyl (C=O) groups is 1. The van der Waals surface area contributed by atoms with E-state index >= 15 is 0 Å². The van der Waals surface area contributed by atoms with Crippen LogP contribution in [0.4, 0.5) is 0 Å². The lowest BCUT2D eigenvalue weighted by Crippen LogP contribution is -2.18. The number of benzene rings is 1. The molecule has 0 saturated heterocycles. The summed E-state index contributed by atoms with van der Waals surface area (Å²) in [5.74, 6) is 2.27. The van der Waals surface area contributed by atoms with Crippen LogP contribution in [-0.4, -0.2) is 21.0 Å². The molecule has 1 aromatic carbocycles. The molecule has 3 rings (SSSR count). The van der Waals surface area contributed by atoms with Crippen molar-refractivity contribution >= 4 is 16.8 Å². The molecule has 4 unspecified atom stereocenters. The fourth-order valence-corrected chi connectivity index (χ4v) is 5.23. The Morgan fingerprint density at radius 1 is 1.20 bits per heavy atom. The van der Waals surface area contributed by atoms with E-state index in [2.05, 4.69) is 0 Å². The fraction of sp³-hybridized carbons (Fsp3) is 0.562. The minimum atomic E-state index is -0.943. The highest BCUT2D eigenvalue weighted by molar-refractivity contribution is 7.85. The van der Waals surface area contributed by atoms with Crippen molar-refractivity contribution in [2.45, 2.75) is 37.0 Å². The number of carboxylic acid groups (broad SMARTS) is 1. The smallest absolute Gasteiger partial charge is 0.307 e. The molecule has 4 atom stereocenters. The topological polar surface area (TPSA) is 54.4 Å². The number of carboxylic acids is 1. The SMILES string of the molecule is O=C(O)Cc1ccc(S(=O)CC2CC3CCC2C3)cc1.